The van der Waals surface area contributed by atoms with Crippen molar-refractivity contribution in [1.29, 1.82) is 21.0 Å². The number of nitriles is 4. The fraction of sp³-hybridized carbons (Fsp3) is 0. The number of anilines is 4. The second kappa shape index (κ2) is 13.3. The van der Waals surface area contributed by atoms with Crippen LogP contribution >= 0.6 is 34.8 Å². The molecule has 0 aliphatic rings. The van der Waals surface area contributed by atoms with Crippen LogP contribution in [0.2, 0.25) is 15.1 Å². The zero-order valence-electron chi connectivity index (χ0n) is 20.2. The minimum absolute atomic E-state index is 0.00791. The van der Waals surface area contributed by atoms with Crippen LogP contribution in [-0.2, 0) is 0 Å². The molecule has 0 atom stereocenters. The van der Waals surface area contributed by atoms with Crippen LogP contribution in [0.25, 0.3) is 0 Å². The first-order valence-corrected chi connectivity index (χ1v) is 12.1. The number of phenols is 1. The van der Waals surface area contributed by atoms with Gasteiger partial charge in [-0.15, -0.1) is 0 Å². The molecule has 0 unspecified atom stereocenters. The van der Waals surface area contributed by atoms with Crippen LogP contribution in [0, 0.1) is 62.8 Å². The third-order valence-corrected chi connectivity index (χ3v) is 6.50. The van der Waals surface area contributed by atoms with Gasteiger partial charge >= 0.3 is 0 Å². The predicted molar refractivity (Wildman–Crippen MR) is 148 cm³/mol. The topological polar surface area (TPSA) is 139 Å². The highest BCUT2D eigenvalue weighted by Gasteiger charge is 2.25. The van der Waals surface area contributed by atoms with Crippen molar-refractivity contribution in [3.05, 3.63) is 109 Å². The van der Waals surface area contributed by atoms with E-state index >= 15 is 0 Å². The maximum atomic E-state index is 14.0. The van der Waals surface area contributed by atoms with Gasteiger partial charge in [-0.2, -0.15) is 21.0 Å². The summed E-state index contributed by atoms with van der Waals surface area (Å²) in [6, 6.07) is 20.7. The number of nitrogens with one attached hydrogen (secondary N) is 2. The summed E-state index contributed by atoms with van der Waals surface area (Å²) in [5.74, 6) is -4.72. The molecule has 0 amide bonds. The number of rotatable bonds is 4. The summed E-state index contributed by atoms with van der Waals surface area (Å²) in [4.78, 5) is 0. The molecule has 202 valence electrons. The van der Waals surface area contributed by atoms with Gasteiger partial charge in [-0.3, -0.25) is 0 Å². The summed E-state index contributed by atoms with van der Waals surface area (Å²) in [6.45, 7) is 0. The lowest BCUT2D eigenvalue weighted by molar-refractivity contribution is 0.475. The standard InChI is InChI=1S/C14H6Cl3N3.C14H6F3N3O/c15-11-9(6-18)13(17)14(10(7-19)12(11)16)20-8-4-2-1-3-5-8;15-11-9(5-18)13(17)14(10(6-19)12(11)16)20-7-1-3-8(21)4-2-7/h1-5,20H;1-4,20-21H. The lowest BCUT2D eigenvalue weighted by Crippen LogP contribution is -2.06. The molecule has 0 saturated carbocycles. The van der Waals surface area contributed by atoms with Crippen molar-refractivity contribution < 1.29 is 18.3 Å². The quantitative estimate of drug-likeness (QED) is 0.155. The van der Waals surface area contributed by atoms with E-state index in [1.165, 1.54) is 36.4 Å². The smallest absolute Gasteiger partial charge is 0.181 e. The number of hydrogen-bond donors (Lipinski definition) is 3. The molecule has 4 aromatic carbocycles. The Morgan fingerprint density at radius 1 is 0.537 bits per heavy atom. The van der Waals surface area contributed by atoms with Crippen LogP contribution in [0.3, 0.4) is 0 Å². The van der Waals surface area contributed by atoms with E-state index in [0.717, 1.165) is 0 Å². The highest BCUT2D eigenvalue weighted by molar-refractivity contribution is 6.46. The highest BCUT2D eigenvalue weighted by atomic mass is 35.5. The van der Waals surface area contributed by atoms with E-state index in [-0.39, 0.29) is 43.3 Å². The third kappa shape index (κ3) is 6.39. The molecule has 4 aromatic rings. The molecule has 0 aliphatic carbocycles. The number of phenolic OH excluding ortho intramolecular Hbond substituents is 1. The number of halogens is 6. The Hall–Kier alpha value is -5.10. The maximum absolute atomic E-state index is 14.0. The summed E-state index contributed by atoms with van der Waals surface area (Å²) in [6.07, 6.45) is 0. The Morgan fingerprint density at radius 2 is 1.00 bits per heavy atom. The molecular formula is C28H12Cl3F3N6O. The van der Waals surface area contributed by atoms with E-state index in [9.17, 15) is 18.4 Å². The summed E-state index contributed by atoms with van der Waals surface area (Å²) >= 11 is 18.1. The average molecular weight is 612 g/mol. The van der Waals surface area contributed by atoms with Crippen molar-refractivity contribution in [2.75, 3.05) is 10.6 Å². The molecule has 0 saturated heterocycles. The van der Waals surface area contributed by atoms with Gasteiger partial charge < -0.3 is 15.7 Å². The molecule has 0 aliphatic heterocycles. The van der Waals surface area contributed by atoms with Gasteiger partial charge in [0.05, 0.1) is 37.6 Å². The van der Waals surface area contributed by atoms with Crippen molar-refractivity contribution >= 4 is 57.6 Å². The van der Waals surface area contributed by atoms with Gasteiger partial charge in [0.15, 0.2) is 17.5 Å². The van der Waals surface area contributed by atoms with E-state index in [0.29, 0.717) is 5.69 Å². The molecule has 0 bridgehead atoms. The third-order valence-electron chi connectivity index (χ3n) is 5.27. The molecule has 0 aromatic heterocycles. The fourth-order valence-corrected chi connectivity index (χ4v) is 4.11. The van der Waals surface area contributed by atoms with E-state index in [1.54, 1.807) is 12.1 Å². The average Bonchev–Trinajstić information content (AvgIpc) is 2.97. The zero-order chi connectivity index (χ0) is 30.3. The van der Waals surface area contributed by atoms with E-state index < -0.39 is 34.3 Å². The van der Waals surface area contributed by atoms with E-state index in [2.05, 4.69) is 10.6 Å². The molecule has 7 nitrogen and oxygen atoms in total. The Morgan fingerprint density at radius 3 is 1.54 bits per heavy atom. The largest absolute Gasteiger partial charge is 0.508 e. The van der Waals surface area contributed by atoms with Gasteiger partial charge in [-0.1, -0.05) is 53.0 Å². The van der Waals surface area contributed by atoms with Crippen LogP contribution in [0.15, 0.2) is 54.6 Å². The van der Waals surface area contributed by atoms with Gasteiger partial charge in [0.2, 0.25) is 0 Å². The Labute approximate surface area is 246 Å². The SMILES string of the molecule is N#Cc1c(Cl)c(Cl)c(C#N)c(Nc2ccccc2)c1Cl.N#Cc1c(F)c(F)c(C#N)c(Nc2ccc(O)cc2)c1F. The van der Waals surface area contributed by atoms with Crippen molar-refractivity contribution in [2.24, 2.45) is 0 Å². The van der Waals surface area contributed by atoms with Crippen LogP contribution in [-0.4, -0.2) is 5.11 Å². The number of aromatic hydroxyl groups is 1. The molecule has 0 fully saturated rings. The van der Waals surface area contributed by atoms with Crippen molar-refractivity contribution in [2.45, 2.75) is 0 Å². The summed E-state index contributed by atoms with van der Waals surface area (Å²) in [5, 5.41) is 50.4. The Balaban J connectivity index is 0.000000226. The molecule has 0 heterocycles. The number of hydrogen-bond acceptors (Lipinski definition) is 7. The number of para-hydroxylation sites is 1. The van der Waals surface area contributed by atoms with Crippen LogP contribution in [0.4, 0.5) is 35.9 Å². The Bertz CT molecular complexity index is 1810. The molecule has 13 heteroatoms. The highest BCUT2D eigenvalue weighted by Crippen LogP contribution is 2.42. The lowest BCUT2D eigenvalue weighted by atomic mass is 10.1. The first kappa shape index (κ1) is 30.4. The van der Waals surface area contributed by atoms with Gasteiger partial charge in [0.25, 0.3) is 0 Å². The normalized spacial score (nSPS) is 9.71. The molecule has 41 heavy (non-hydrogen) atoms. The Kier molecular flexibility index (Phi) is 9.88. The van der Waals surface area contributed by atoms with Gasteiger partial charge in [0.1, 0.15) is 41.2 Å². The van der Waals surface area contributed by atoms with Crippen LogP contribution in [0.5, 0.6) is 5.75 Å². The monoisotopic (exact) mass is 610 g/mol. The van der Waals surface area contributed by atoms with E-state index in [4.69, 9.17) is 55.7 Å². The first-order valence-electron chi connectivity index (χ1n) is 11.0. The minimum Gasteiger partial charge on any atom is -0.508 e. The molecule has 0 radical (unpaired) electrons. The van der Waals surface area contributed by atoms with Gasteiger partial charge in [0, 0.05) is 11.4 Å². The number of benzene rings is 4. The van der Waals surface area contributed by atoms with Crippen LogP contribution in [0.1, 0.15) is 22.3 Å². The summed E-state index contributed by atoms with van der Waals surface area (Å²) in [7, 11) is 0. The maximum Gasteiger partial charge on any atom is 0.181 e. The van der Waals surface area contributed by atoms with Gasteiger partial charge in [-0.25, -0.2) is 13.2 Å². The zero-order valence-corrected chi connectivity index (χ0v) is 22.5. The van der Waals surface area contributed by atoms with Crippen LogP contribution < -0.4 is 10.6 Å². The second-order valence-electron chi connectivity index (χ2n) is 7.74. The lowest BCUT2D eigenvalue weighted by Gasteiger charge is -2.14. The van der Waals surface area contributed by atoms with Crippen molar-refractivity contribution in [3.63, 3.8) is 0 Å². The summed E-state index contributed by atoms with van der Waals surface area (Å²) in [5.41, 5.74) is -1.29. The molecule has 4 rings (SSSR count). The van der Waals surface area contributed by atoms with Crippen molar-refractivity contribution in [3.8, 4) is 30.0 Å². The summed E-state index contributed by atoms with van der Waals surface area (Å²) < 4.78 is 41.1. The minimum atomic E-state index is -1.71. The molecule has 3 N–H and O–H groups in total. The first-order chi connectivity index (χ1) is 19.6. The van der Waals surface area contributed by atoms with E-state index in [1.807, 2.05) is 30.3 Å². The fourth-order valence-electron chi connectivity index (χ4n) is 3.32. The second-order valence-corrected chi connectivity index (χ2v) is 8.88. The van der Waals surface area contributed by atoms with Gasteiger partial charge in [-0.05, 0) is 36.4 Å². The predicted octanol–water partition coefficient (Wildman–Crippen LogP) is 8.43. The molecular weight excluding hydrogens is 600 g/mol. The number of nitrogens with zero attached hydrogens (tertiary/aromatic N) is 4. The van der Waals surface area contributed by atoms with Crippen molar-refractivity contribution in [1.82, 2.24) is 0 Å². The molecule has 0 spiro atoms.